The van der Waals surface area contributed by atoms with Gasteiger partial charge in [-0.25, -0.2) is 0 Å². The molecule has 8 unspecified atom stereocenters. The maximum atomic E-state index is 6.96. The second-order valence-electron chi connectivity index (χ2n) is 8.73. The summed E-state index contributed by atoms with van der Waals surface area (Å²) in [5, 5.41) is 0. The Bertz CT molecular complexity index is 452. The highest BCUT2D eigenvalue weighted by molar-refractivity contribution is 5.16. The number of epoxide rings is 4. The van der Waals surface area contributed by atoms with Crippen molar-refractivity contribution in [2.24, 2.45) is 11.8 Å². The van der Waals surface area contributed by atoms with E-state index < -0.39 is 0 Å². The lowest BCUT2D eigenvalue weighted by Crippen LogP contribution is -2.32. The molecule has 0 N–H and O–H groups in total. The van der Waals surface area contributed by atoms with Crippen LogP contribution in [0.4, 0.5) is 0 Å². The number of rotatable bonds is 10. The van der Waals surface area contributed by atoms with E-state index in [2.05, 4.69) is 0 Å². The van der Waals surface area contributed by atoms with E-state index >= 15 is 0 Å². The average molecular weight is 322 g/mol. The van der Waals surface area contributed by atoms with Gasteiger partial charge in [-0.2, -0.15) is 0 Å². The molecule has 0 aromatic carbocycles. The third-order valence-electron chi connectivity index (χ3n) is 6.61. The molecule has 0 aromatic heterocycles. The fourth-order valence-electron chi connectivity index (χ4n) is 4.74. The second kappa shape index (κ2) is 4.70. The first-order chi connectivity index (χ1) is 11.2. The van der Waals surface area contributed by atoms with Crippen LogP contribution >= 0.6 is 0 Å². The molecule has 0 amide bonds. The highest BCUT2D eigenvalue weighted by Gasteiger charge is 2.68. The van der Waals surface area contributed by atoms with Crippen LogP contribution in [0.5, 0.6) is 0 Å². The first-order valence-corrected chi connectivity index (χ1v) is 9.40. The molecule has 0 radical (unpaired) electrons. The van der Waals surface area contributed by atoms with Crippen LogP contribution in [-0.2, 0) is 23.7 Å². The van der Waals surface area contributed by atoms with Crippen LogP contribution in [0.15, 0.2) is 0 Å². The van der Waals surface area contributed by atoms with Crippen LogP contribution in [0.2, 0.25) is 0 Å². The molecule has 4 aliphatic heterocycles. The van der Waals surface area contributed by atoms with E-state index in [1.54, 1.807) is 0 Å². The Labute approximate surface area is 136 Å². The monoisotopic (exact) mass is 322 g/mol. The largest absolute Gasteiger partial charge is 0.373 e. The van der Waals surface area contributed by atoms with Gasteiger partial charge in [0.05, 0.1) is 62.0 Å². The Hall–Kier alpha value is -0.200. The minimum absolute atomic E-state index is 0.0706. The zero-order valence-corrected chi connectivity index (χ0v) is 13.6. The standard InChI is InChI=1S/C18H26O5/c1(13-7-19-13)11-3-17(11,5-15-9-21-15)23-18(6-16-10-22-16)4-12(18)2-14-8-20-14/h11-16H,1-10H2. The molecule has 2 saturated carbocycles. The van der Waals surface area contributed by atoms with Gasteiger partial charge in [0.15, 0.2) is 0 Å². The van der Waals surface area contributed by atoms with Crippen molar-refractivity contribution in [3.05, 3.63) is 0 Å². The van der Waals surface area contributed by atoms with Crippen molar-refractivity contribution < 1.29 is 23.7 Å². The van der Waals surface area contributed by atoms with Gasteiger partial charge in [0.2, 0.25) is 0 Å². The smallest absolute Gasteiger partial charge is 0.0837 e. The minimum atomic E-state index is 0.0706. The molecule has 2 aliphatic carbocycles. The number of hydrogen-bond donors (Lipinski definition) is 0. The number of ether oxygens (including phenoxy) is 5. The first-order valence-electron chi connectivity index (χ1n) is 9.40. The topological polar surface area (TPSA) is 59.4 Å². The Morgan fingerprint density at radius 3 is 1.39 bits per heavy atom. The Morgan fingerprint density at radius 2 is 1.04 bits per heavy atom. The van der Waals surface area contributed by atoms with Gasteiger partial charge in [0.1, 0.15) is 0 Å². The van der Waals surface area contributed by atoms with Crippen molar-refractivity contribution in [2.45, 2.75) is 74.1 Å². The van der Waals surface area contributed by atoms with E-state index in [0.29, 0.717) is 36.3 Å². The molecule has 6 aliphatic rings. The van der Waals surface area contributed by atoms with Crippen molar-refractivity contribution in [2.75, 3.05) is 26.4 Å². The fraction of sp³-hybridized carbons (Fsp3) is 1.00. The molecule has 4 saturated heterocycles. The van der Waals surface area contributed by atoms with Gasteiger partial charge < -0.3 is 23.7 Å². The molecule has 5 heteroatoms. The van der Waals surface area contributed by atoms with Gasteiger partial charge in [-0.1, -0.05) is 0 Å². The maximum Gasteiger partial charge on any atom is 0.0837 e. The number of hydrogen-bond acceptors (Lipinski definition) is 5. The second-order valence-corrected chi connectivity index (χ2v) is 8.73. The van der Waals surface area contributed by atoms with Gasteiger partial charge in [-0.05, 0) is 37.5 Å². The lowest BCUT2D eigenvalue weighted by Gasteiger charge is -2.27. The third kappa shape index (κ3) is 2.95. The van der Waals surface area contributed by atoms with Crippen LogP contribution < -0.4 is 0 Å². The summed E-state index contributed by atoms with van der Waals surface area (Å²) < 4.78 is 28.9. The normalized spacial score (nSPS) is 57.9. The first kappa shape index (κ1) is 14.0. The van der Waals surface area contributed by atoms with Crippen LogP contribution in [0, 0.1) is 11.8 Å². The summed E-state index contributed by atoms with van der Waals surface area (Å²) in [6.45, 7) is 3.76. The van der Waals surface area contributed by atoms with E-state index in [0.717, 1.165) is 39.3 Å². The summed E-state index contributed by atoms with van der Waals surface area (Å²) in [5.41, 5.74) is 0.141. The Kier molecular flexibility index (Phi) is 2.86. The summed E-state index contributed by atoms with van der Waals surface area (Å²) in [6, 6.07) is 0. The van der Waals surface area contributed by atoms with Gasteiger partial charge >= 0.3 is 0 Å². The molecule has 8 atom stereocenters. The van der Waals surface area contributed by atoms with Gasteiger partial charge in [0, 0.05) is 12.8 Å². The van der Waals surface area contributed by atoms with Gasteiger partial charge in [-0.15, -0.1) is 0 Å². The predicted octanol–water partition coefficient (Wildman–Crippen LogP) is 1.68. The maximum absolute atomic E-state index is 6.96. The summed E-state index contributed by atoms with van der Waals surface area (Å²) in [5.74, 6) is 1.35. The van der Waals surface area contributed by atoms with Crippen molar-refractivity contribution in [3.8, 4) is 0 Å². The van der Waals surface area contributed by atoms with Crippen molar-refractivity contribution in [1.29, 1.82) is 0 Å². The summed E-state index contributed by atoms with van der Waals surface area (Å²) >= 11 is 0. The van der Waals surface area contributed by atoms with Gasteiger partial charge in [0.25, 0.3) is 0 Å². The minimum Gasteiger partial charge on any atom is -0.373 e. The molecule has 128 valence electrons. The van der Waals surface area contributed by atoms with E-state index in [-0.39, 0.29) is 11.2 Å². The molecule has 5 nitrogen and oxygen atoms in total. The Morgan fingerprint density at radius 1 is 0.652 bits per heavy atom. The van der Waals surface area contributed by atoms with Crippen LogP contribution in [0.1, 0.15) is 38.5 Å². The van der Waals surface area contributed by atoms with Crippen LogP contribution in [-0.4, -0.2) is 62.0 Å². The van der Waals surface area contributed by atoms with E-state index in [1.165, 1.54) is 25.7 Å². The fourth-order valence-corrected chi connectivity index (χ4v) is 4.74. The quantitative estimate of drug-likeness (QED) is 0.573. The van der Waals surface area contributed by atoms with Crippen LogP contribution in [0.25, 0.3) is 0 Å². The van der Waals surface area contributed by atoms with Gasteiger partial charge in [-0.3, -0.25) is 0 Å². The lowest BCUT2D eigenvalue weighted by atomic mass is 10.0. The third-order valence-corrected chi connectivity index (χ3v) is 6.61. The summed E-state index contributed by atoms with van der Waals surface area (Å²) in [7, 11) is 0. The SMILES string of the molecule is C1OC1CC1CC1(CC1CO1)OC1(CC2CO2)CC1CC1CO1. The highest BCUT2D eigenvalue weighted by Crippen LogP contribution is 2.64. The van der Waals surface area contributed by atoms with E-state index in [9.17, 15) is 0 Å². The summed E-state index contributed by atoms with van der Waals surface area (Å²) in [4.78, 5) is 0. The molecule has 0 aromatic rings. The molecule has 4 heterocycles. The lowest BCUT2D eigenvalue weighted by molar-refractivity contribution is -0.0803. The molecule has 0 spiro atoms. The molecule has 6 rings (SSSR count). The molecular formula is C18H26O5. The summed E-state index contributed by atoms with van der Waals surface area (Å²) in [6.07, 6.45) is 8.83. The van der Waals surface area contributed by atoms with E-state index in [4.69, 9.17) is 23.7 Å². The molecule has 6 fully saturated rings. The highest BCUT2D eigenvalue weighted by atomic mass is 16.6. The zero-order chi connectivity index (χ0) is 15.1. The van der Waals surface area contributed by atoms with E-state index in [1.807, 2.05) is 0 Å². The average Bonchev–Trinajstić information content (AvgIpc) is 3.29. The molecular weight excluding hydrogens is 296 g/mol. The van der Waals surface area contributed by atoms with Crippen molar-refractivity contribution >= 4 is 0 Å². The predicted molar refractivity (Wildman–Crippen MR) is 80.2 cm³/mol. The molecule has 23 heavy (non-hydrogen) atoms. The zero-order valence-electron chi connectivity index (χ0n) is 13.6. The Balaban J connectivity index is 1.16. The molecule has 0 bridgehead atoms. The van der Waals surface area contributed by atoms with Crippen LogP contribution in [0.3, 0.4) is 0 Å². The van der Waals surface area contributed by atoms with Crippen molar-refractivity contribution in [3.63, 3.8) is 0 Å². The van der Waals surface area contributed by atoms with Crippen molar-refractivity contribution in [1.82, 2.24) is 0 Å².